The van der Waals surface area contributed by atoms with Crippen LogP contribution in [0.15, 0.2) is 10.5 Å². The van der Waals surface area contributed by atoms with Gasteiger partial charge in [-0.3, -0.25) is 9.59 Å². The van der Waals surface area contributed by atoms with Crippen LogP contribution in [0.1, 0.15) is 36.5 Å². The second-order valence-electron chi connectivity index (χ2n) is 5.46. The molecule has 1 unspecified atom stereocenters. The van der Waals surface area contributed by atoms with Gasteiger partial charge in [-0.1, -0.05) is 0 Å². The zero-order valence-corrected chi connectivity index (χ0v) is 12.9. The van der Waals surface area contributed by atoms with Crippen molar-refractivity contribution in [2.24, 2.45) is 0 Å². The summed E-state index contributed by atoms with van der Waals surface area (Å²) in [6.45, 7) is 8.38. The second kappa shape index (κ2) is 6.76. The van der Waals surface area contributed by atoms with E-state index in [1.54, 1.807) is 4.90 Å². The van der Waals surface area contributed by atoms with Crippen LogP contribution >= 0.6 is 0 Å². The lowest BCUT2D eigenvalue weighted by Crippen LogP contribution is -2.45. The number of aryl methyl sites for hydroxylation is 2. The van der Waals surface area contributed by atoms with Gasteiger partial charge >= 0.3 is 11.8 Å². The van der Waals surface area contributed by atoms with Crippen molar-refractivity contribution in [1.29, 1.82) is 0 Å². The van der Waals surface area contributed by atoms with Gasteiger partial charge in [0.05, 0.1) is 6.04 Å². The molecule has 2 heterocycles. The third-order valence-electron chi connectivity index (χ3n) is 3.72. The molecule has 1 saturated heterocycles. The largest absolute Gasteiger partial charge is 0.466 e. The minimum absolute atomic E-state index is 0.246. The van der Waals surface area contributed by atoms with Crippen LogP contribution in [-0.4, -0.2) is 42.9 Å². The third kappa shape index (κ3) is 3.85. The summed E-state index contributed by atoms with van der Waals surface area (Å²) < 4.78 is 5.46. The van der Waals surface area contributed by atoms with E-state index in [1.807, 2.05) is 26.8 Å². The van der Waals surface area contributed by atoms with Gasteiger partial charge in [-0.15, -0.1) is 0 Å². The molecule has 116 valence electrons. The van der Waals surface area contributed by atoms with E-state index in [2.05, 4.69) is 10.6 Å². The van der Waals surface area contributed by atoms with E-state index >= 15 is 0 Å². The highest BCUT2D eigenvalue weighted by molar-refractivity contribution is 6.35. The van der Waals surface area contributed by atoms with Crippen LogP contribution in [0.3, 0.4) is 0 Å². The van der Waals surface area contributed by atoms with Crippen molar-refractivity contribution in [2.45, 2.75) is 33.2 Å². The van der Waals surface area contributed by atoms with Gasteiger partial charge in [0.25, 0.3) is 0 Å². The summed E-state index contributed by atoms with van der Waals surface area (Å²) in [6, 6.07) is 1.64. The number of rotatable bonds is 2. The first-order valence-electron chi connectivity index (χ1n) is 7.36. The number of carbonyl (C=O) groups excluding carboxylic acids is 2. The van der Waals surface area contributed by atoms with Crippen molar-refractivity contribution in [3.63, 3.8) is 0 Å². The summed E-state index contributed by atoms with van der Waals surface area (Å²) in [5, 5.41) is 5.97. The fraction of sp³-hybridized carbons (Fsp3) is 0.600. The van der Waals surface area contributed by atoms with Crippen molar-refractivity contribution >= 4 is 11.8 Å². The van der Waals surface area contributed by atoms with Crippen LogP contribution in [0.2, 0.25) is 0 Å². The molecule has 6 heteroatoms. The number of furan rings is 1. The third-order valence-corrected chi connectivity index (χ3v) is 3.72. The van der Waals surface area contributed by atoms with Gasteiger partial charge in [0.2, 0.25) is 0 Å². The highest BCUT2D eigenvalue weighted by atomic mass is 16.3. The number of hydrogen-bond acceptors (Lipinski definition) is 4. The predicted octanol–water partition coefficient (Wildman–Crippen LogP) is 0.896. The van der Waals surface area contributed by atoms with Crippen LogP contribution < -0.4 is 10.6 Å². The molecule has 0 aromatic carbocycles. The predicted molar refractivity (Wildman–Crippen MR) is 78.8 cm³/mol. The molecule has 0 radical (unpaired) electrons. The molecule has 21 heavy (non-hydrogen) atoms. The van der Waals surface area contributed by atoms with E-state index in [9.17, 15) is 9.59 Å². The summed E-state index contributed by atoms with van der Waals surface area (Å²) in [4.78, 5) is 25.9. The molecule has 6 nitrogen and oxygen atoms in total. The fourth-order valence-electron chi connectivity index (χ4n) is 2.61. The Kier molecular flexibility index (Phi) is 5.01. The van der Waals surface area contributed by atoms with Crippen LogP contribution in [0.25, 0.3) is 0 Å². The Hall–Kier alpha value is -1.82. The first kappa shape index (κ1) is 15.6. The Bertz CT molecular complexity index is 516. The smallest absolute Gasteiger partial charge is 0.311 e. The number of nitrogens with one attached hydrogen (secondary N) is 2. The molecule has 1 aromatic rings. The summed E-state index contributed by atoms with van der Waals surface area (Å²) in [5.74, 6) is 0.561. The summed E-state index contributed by atoms with van der Waals surface area (Å²) in [5.41, 5.74) is 0.909. The number of amides is 2. The molecule has 0 saturated carbocycles. The van der Waals surface area contributed by atoms with Gasteiger partial charge < -0.3 is 20.0 Å². The summed E-state index contributed by atoms with van der Waals surface area (Å²) in [6.07, 6.45) is 0.870. The van der Waals surface area contributed by atoms with Crippen molar-refractivity contribution < 1.29 is 14.0 Å². The summed E-state index contributed by atoms with van der Waals surface area (Å²) >= 11 is 0. The van der Waals surface area contributed by atoms with Crippen molar-refractivity contribution in [3.8, 4) is 0 Å². The lowest BCUT2D eigenvalue weighted by atomic mass is 10.1. The average molecular weight is 293 g/mol. The normalized spacial score (nSPS) is 17.2. The minimum atomic E-state index is -0.553. The van der Waals surface area contributed by atoms with Crippen LogP contribution in [-0.2, 0) is 9.59 Å². The zero-order valence-electron chi connectivity index (χ0n) is 12.9. The van der Waals surface area contributed by atoms with E-state index in [1.165, 1.54) is 0 Å². The van der Waals surface area contributed by atoms with Crippen molar-refractivity contribution in [3.05, 3.63) is 23.2 Å². The molecule has 1 aliphatic heterocycles. The van der Waals surface area contributed by atoms with Gasteiger partial charge in [-0.05, 0) is 39.8 Å². The SMILES string of the molecule is Cc1cc(C(C)NC(=O)C(=O)N2CCCNCC2)c(C)o1. The average Bonchev–Trinajstić information content (AvgIpc) is 2.67. The van der Waals surface area contributed by atoms with Crippen LogP contribution in [0, 0.1) is 13.8 Å². The maximum atomic E-state index is 12.2. The lowest BCUT2D eigenvalue weighted by molar-refractivity contribution is -0.146. The highest BCUT2D eigenvalue weighted by Gasteiger charge is 2.25. The molecular formula is C15H23N3O3. The monoisotopic (exact) mass is 293 g/mol. The molecule has 2 amide bonds. The quantitative estimate of drug-likeness (QED) is 0.794. The Morgan fingerprint density at radius 3 is 2.76 bits per heavy atom. The maximum absolute atomic E-state index is 12.2. The van der Waals surface area contributed by atoms with E-state index in [4.69, 9.17) is 4.42 Å². The van der Waals surface area contributed by atoms with Gasteiger partial charge in [-0.2, -0.15) is 0 Å². The highest BCUT2D eigenvalue weighted by Crippen LogP contribution is 2.21. The van der Waals surface area contributed by atoms with Gasteiger partial charge in [0.1, 0.15) is 11.5 Å². The molecule has 0 aliphatic carbocycles. The van der Waals surface area contributed by atoms with E-state index in [0.717, 1.165) is 36.6 Å². The summed E-state index contributed by atoms with van der Waals surface area (Å²) in [7, 11) is 0. The topological polar surface area (TPSA) is 74.6 Å². The van der Waals surface area contributed by atoms with E-state index in [-0.39, 0.29) is 6.04 Å². The van der Waals surface area contributed by atoms with Crippen molar-refractivity contribution in [1.82, 2.24) is 15.5 Å². The molecule has 1 fully saturated rings. The Labute approximate surface area is 124 Å². The first-order valence-corrected chi connectivity index (χ1v) is 7.36. The molecule has 0 bridgehead atoms. The van der Waals surface area contributed by atoms with Crippen LogP contribution in [0.4, 0.5) is 0 Å². The van der Waals surface area contributed by atoms with E-state index in [0.29, 0.717) is 13.1 Å². The van der Waals surface area contributed by atoms with Gasteiger partial charge in [-0.25, -0.2) is 0 Å². The number of carbonyl (C=O) groups is 2. The van der Waals surface area contributed by atoms with Crippen molar-refractivity contribution in [2.75, 3.05) is 26.2 Å². The molecule has 2 N–H and O–H groups in total. The number of hydrogen-bond donors (Lipinski definition) is 2. The molecule has 1 aromatic heterocycles. The molecule has 2 rings (SSSR count). The maximum Gasteiger partial charge on any atom is 0.311 e. The van der Waals surface area contributed by atoms with Crippen LogP contribution in [0.5, 0.6) is 0 Å². The van der Waals surface area contributed by atoms with Gasteiger partial charge in [0, 0.05) is 25.2 Å². The number of nitrogens with zero attached hydrogens (tertiary/aromatic N) is 1. The molecule has 0 spiro atoms. The first-order chi connectivity index (χ1) is 9.99. The standard InChI is InChI=1S/C15H23N3O3/c1-10-9-13(12(3)21-10)11(2)17-14(19)15(20)18-7-4-5-16-6-8-18/h9,11,16H,4-8H2,1-3H3,(H,17,19). The molecule has 1 aliphatic rings. The van der Waals surface area contributed by atoms with Gasteiger partial charge in [0.15, 0.2) is 0 Å². The Balaban J connectivity index is 1.96. The lowest BCUT2D eigenvalue weighted by Gasteiger charge is -2.20. The Morgan fingerprint density at radius 2 is 2.10 bits per heavy atom. The second-order valence-corrected chi connectivity index (χ2v) is 5.46. The minimum Gasteiger partial charge on any atom is -0.466 e. The zero-order chi connectivity index (χ0) is 15.4. The molecular weight excluding hydrogens is 270 g/mol. The van der Waals surface area contributed by atoms with E-state index < -0.39 is 11.8 Å². The molecule has 1 atom stereocenters. The fourth-order valence-corrected chi connectivity index (χ4v) is 2.61. The Morgan fingerprint density at radius 1 is 1.33 bits per heavy atom.